The zero-order chi connectivity index (χ0) is 9.73. The number of rotatable bonds is 5. The third kappa shape index (κ3) is 4.49. The van der Waals surface area contributed by atoms with Crippen molar-refractivity contribution >= 4 is 0 Å². The van der Waals surface area contributed by atoms with Crippen LogP contribution in [0.15, 0.2) is 0 Å². The summed E-state index contributed by atoms with van der Waals surface area (Å²) >= 11 is 0. The smallest absolute Gasteiger partial charge is 0.0817 e. The lowest BCUT2D eigenvalue weighted by molar-refractivity contribution is -0.916. The van der Waals surface area contributed by atoms with E-state index in [1.807, 2.05) is 0 Å². The molecule has 1 heterocycles. The lowest BCUT2D eigenvalue weighted by atomic mass is 10.1. The normalized spacial score (nSPS) is 29.4. The average molecular weight is 220 g/mol. The maximum absolute atomic E-state index is 2.37. The highest BCUT2D eigenvalue weighted by Gasteiger charge is 2.34. The summed E-state index contributed by atoms with van der Waals surface area (Å²) in [6.07, 6.45) is 5.65. The van der Waals surface area contributed by atoms with Crippen LogP contribution in [0.4, 0.5) is 0 Å². The highest BCUT2D eigenvalue weighted by Crippen LogP contribution is 2.27. The Labute approximate surface area is 94.7 Å². The van der Waals surface area contributed by atoms with Crippen molar-refractivity contribution in [1.82, 2.24) is 0 Å². The Morgan fingerprint density at radius 2 is 1.80 bits per heavy atom. The van der Waals surface area contributed by atoms with Crippen LogP contribution in [0.1, 0.15) is 46.5 Å². The molecule has 1 aliphatic rings. The molecule has 0 aromatic carbocycles. The van der Waals surface area contributed by atoms with Gasteiger partial charge in [0.25, 0.3) is 0 Å². The van der Waals surface area contributed by atoms with Gasteiger partial charge in [-0.25, -0.2) is 0 Å². The Morgan fingerprint density at radius 3 is 2.20 bits per heavy atom. The van der Waals surface area contributed by atoms with Crippen LogP contribution in [-0.2, 0) is 0 Å². The van der Waals surface area contributed by atoms with Crippen LogP contribution in [0.3, 0.4) is 0 Å². The van der Waals surface area contributed by atoms with Crippen LogP contribution in [0.25, 0.3) is 0 Å². The van der Waals surface area contributed by atoms with E-state index in [2.05, 4.69) is 20.8 Å². The van der Waals surface area contributed by atoms with E-state index in [0.717, 1.165) is 5.92 Å². The molecule has 0 amide bonds. The molecule has 2 unspecified atom stereocenters. The molecule has 15 heavy (non-hydrogen) atoms. The Hall–Kier alpha value is -0.120. The first-order valence-corrected chi connectivity index (χ1v) is 6.11. The van der Waals surface area contributed by atoms with Crippen molar-refractivity contribution in [3.8, 4) is 0 Å². The van der Waals surface area contributed by atoms with E-state index in [1.165, 1.54) is 56.3 Å². The molecule has 1 aliphatic heterocycles. The molecule has 0 spiro atoms. The van der Waals surface area contributed by atoms with Crippen LogP contribution in [0.5, 0.6) is 0 Å². The molecule has 94 valence electrons. The van der Waals surface area contributed by atoms with Gasteiger partial charge in [-0.3, -0.25) is 0 Å². The molecule has 4 N–H and O–H groups in total. The average Bonchev–Trinajstić information content (AvgIpc) is 2.59. The predicted molar refractivity (Wildman–Crippen MR) is 65.9 cm³/mol. The van der Waals surface area contributed by atoms with E-state index < -0.39 is 0 Å². The van der Waals surface area contributed by atoms with Gasteiger partial charge in [-0.05, 0) is 19.8 Å². The summed E-state index contributed by atoms with van der Waals surface area (Å²) in [5.74, 6) is 1.02. The monoisotopic (exact) mass is 220 g/mol. The minimum absolute atomic E-state index is 0. The number of hydrogen-bond donors (Lipinski definition) is 0. The summed E-state index contributed by atoms with van der Waals surface area (Å²) < 4.78 is 1.42. The summed E-state index contributed by atoms with van der Waals surface area (Å²) in [6, 6.07) is 0. The standard InChI is InChI=1S/C12H26N.2H2O/c1-4-7-9-13(6-3)10-8-12(5-2)11-13;;/h12H,4-11H2,1-3H3;2*1H2/q+1;;. The molecule has 1 saturated heterocycles. The Kier molecular flexibility index (Phi) is 9.31. The van der Waals surface area contributed by atoms with Crippen LogP contribution in [0, 0.1) is 5.92 Å². The molecule has 2 atom stereocenters. The fourth-order valence-electron chi connectivity index (χ4n) is 2.66. The largest absolute Gasteiger partial charge is 0.412 e. The summed E-state index contributed by atoms with van der Waals surface area (Å²) in [7, 11) is 0. The second-order valence-electron chi connectivity index (χ2n) is 4.70. The van der Waals surface area contributed by atoms with Gasteiger partial charge in [0, 0.05) is 12.3 Å². The predicted octanol–water partition coefficient (Wildman–Crippen LogP) is 1.40. The maximum Gasteiger partial charge on any atom is 0.0817 e. The van der Waals surface area contributed by atoms with Crippen molar-refractivity contribution in [3.05, 3.63) is 0 Å². The third-order valence-electron chi connectivity index (χ3n) is 3.89. The lowest BCUT2D eigenvalue weighted by Crippen LogP contribution is -2.46. The highest BCUT2D eigenvalue weighted by atomic mass is 16.0. The first-order valence-electron chi connectivity index (χ1n) is 6.11. The van der Waals surface area contributed by atoms with E-state index in [1.54, 1.807) is 0 Å². The maximum atomic E-state index is 2.37. The molecular formula is C12H30NO2+. The molecule has 3 nitrogen and oxygen atoms in total. The Morgan fingerprint density at radius 1 is 1.13 bits per heavy atom. The summed E-state index contributed by atoms with van der Waals surface area (Å²) in [5, 5.41) is 0. The van der Waals surface area contributed by atoms with Gasteiger partial charge in [0.1, 0.15) is 0 Å². The second kappa shape index (κ2) is 8.08. The minimum atomic E-state index is 0. The van der Waals surface area contributed by atoms with Crippen molar-refractivity contribution in [2.75, 3.05) is 26.2 Å². The zero-order valence-corrected chi connectivity index (χ0v) is 10.7. The number of likely N-dealkylation sites (tertiary alicyclic amines) is 1. The SMILES string of the molecule is CCCC[N+]1(CC)CCC(CC)C1.O.O. The molecule has 1 fully saturated rings. The molecule has 0 bridgehead atoms. The molecule has 0 aromatic heterocycles. The molecule has 0 aromatic rings. The quantitative estimate of drug-likeness (QED) is 0.629. The second-order valence-corrected chi connectivity index (χ2v) is 4.70. The molecule has 0 radical (unpaired) electrons. The van der Waals surface area contributed by atoms with Crippen molar-refractivity contribution in [2.24, 2.45) is 5.92 Å². The first kappa shape index (κ1) is 17.3. The van der Waals surface area contributed by atoms with Crippen molar-refractivity contribution < 1.29 is 15.4 Å². The van der Waals surface area contributed by atoms with E-state index in [4.69, 9.17) is 0 Å². The van der Waals surface area contributed by atoms with Crippen LogP contribution in [0.2, 0.25) is 0 Å². The van der Waals surface area contributed by atoms with E-state index in [-0.39, 0.29) is 11.0 Å². The number of unbranched alkanes of at least 4 members (excludes halogenated alkanes) is 1. The van der Waals surface area contributed by atoms with Gasteiger partial charge in [0.2, 0.25) is 0 Å². The highest BCUT2D eigenvalue weighted by molar-refractivity contribution is 4.65. The first-order chi connectivity index (χ1) is 6.26. The number of quaternary nitrogens is 1. The zero-order valence-electron chi connectivity index (χ0n) is 10.7. The van der Waals surface area contributed by atoms with Gasteiger partial charge in [0.05, 0.1) is 26.2 Å². The molecule has 1 rings (SSSR count). The van der Waals surface area contributed by atoms with Gasteiger partial charge >= 0.3 is 0 Å². The molecule has 0 aliphatic carbocycles. The van der Waals surface area contributed by atoms with Gasteiger partial charge in [-0.1, -0.05) is 20.3 Å². The Bertz CT molecular complexity index is 153. The fraction of sp³-hybridized carbons (Fsp3) is 1.00. The van der Waals surface area contributed by atoms with Crippen LogP contribution >= 0.6 is 0 Å². The topological polar surface area (TPSA) is 63.0 Å². The lowest BCUT2D eigenvalue weighted by Gasteiger charge is -2.33. The van der Waals surface area contributed by atoms with Gasteiger partial charge in [-0.2, -0.15) is 0 Å². The molecule has 3 heteroatoms. The van der Waals surface area contributed by atoms with E-state index in [9.17, 15) is 0 Å². The third-order valence-corrected chi connectivity index (χ3v) is 3.89. The van der Waals surface area contributed by atoms with Gasteiger partial charge in [0.15, 0.2) is 0 Å². The summed E-state index contributed by atoms with van der Waals surface area (Å²) in [4.78, 5) is 0. The molecular weight excluding hydrogens is 190 g/mol. The fourth-order valence-corrected chi connectivity index (χ4v) is 2.66. The van der Waals surface area contributed by atoms with Crippen molar-refractivity contribution in [1.29, 1.82) is 0 Å². The van der Waals surface area contributed by atoms with E-state index >= 15 is 0 Å². The minimum Gasteiger partial charge on any atom is -0.412 e. The number of hydrogen-bond acceptors (Lipinski definition) is 0. The summed E-state index contributed by atoms with van der Waals surface area (Å²) in [6.45, 7) is 12.7. The van der Waals surface area contributed by atoms with Gasteiger partial charge < -0.3 is 15.4 Å². The van der Waals surface area contributed by atoms with E-state index in [0.29, 0.717) is 0 Å². The van der Waals surface area contributed by atoms with Gasteiger partial charge in [-0.15, -0.1) is 0 Å². The van der Waals surface area contributed by atoms with Crippen molar-refractivity contribution in [2.45, 2.75) is 46.5 Å². The Balaban J connectivity index is 0. The van der Waals surface area contributed by atoms with Crippen LogP contribution < -0.4 is 0 Å². The molecule has 0 saturated carbocycles. The number of nitrogens with zero attached hydrogens (tertiary/aromatic N) is 1. The summed E-state index contributed by atoms with van der Waals surface area (Å²) in [5.41, 5.74) is 0. The van der Waals surface area contributed by atoms with Crippen molar-refractivity contribution in [3.63, 3.8) is 0 Å². The van der Waals surface area contributed by atoms with Crippen LogP contribution in [-0.4, -0.2) is 41.6 Å².